The number of carboxylic acids is 1. The fraction of sp³-hybridized carbons (Fsp3) is 0.364. The Morgan fingerprint density at radius 3 is 2.82 bits per heavy atom. The Morgan fingerprint density at radius 2 is 2.24 bits per heavy atom. The van der Waals surface area contributed by atoms with Crippen molar-refractivity contribution >= 4 is 39.3 Å². The van der Waals surface area contributed by atoms with E-state index in [2.05, 4.69) is 15.9 Å². The summed E-state index contributed by atoms with van der Waals surface area (Å²) in [7, 11) is 0. The van der Waals surface area contributed by atoms with Gasteiger partial charge < -0.3 is 15.3 Å². The summed E-state index contributed by atoms with van der Waals surface area (Å²) in [6.45, 7) is 0. The highest BCUT2D eigenvalue weighted by atomic mass is 79.9. The predicted octanol–water partition coefficient (Wildman–Crippen LogP) is 2.03. The van der Waals surface area contributed by atoms with E-state index < -0.39 is 18.2 Å². The highest BCUT2D eigenvalue weighted by Crippen LogP contribution is 2.25. The van der Waals surface area contributed by atoms with E-state index in [1.54, 1.807) is 11.4 Å². The molecule has 1 aromatic heterocycles. The van der Waals surface area contributed by atoms with Crippen molar-refractivity contribution in [2.45, 2.75) is 18.6 Å². The molecular formula is C11H13BrO4S. The van der Waals surface area contributed by atoms with Crippen molar-refractivity contribution in [2.24, 2.45) is 0 Å². The summed E-state index contributed by atoms with van der Waals surface area (Å²) in [6, 6.07) is 1.67. The molecule has 17 heavy (non-hydrogen) atoms. The van der Waals surface area contributed by atoms with Gasteiger partial charge in [-0.25, -0.2) is 4.79 Å². The molecular weight excluding hydrogens is 308 g/mol. The zero-order chi connectivity index (χ0) is 12.8. The minimum absolute atomic E-state index is 0.456. The van der Waals surface area contributed by atoms with Gasteiger partial charge in [0, 0.05) is 16.3 Å². The van der Waals surface area contributed by atoms with E-state index in [9.17, 15) is 15.0 Å². The highest BCUT2D eigenvalue weighted by Gasteiger charge is 2.18. The van der Waals surface area contributed by atoms with Gasteiger partial charge in [-0.2, -0.15) is 0 Å². The summed E-state index contributed by atoms with van der Waals surface area (Å²) in [6.07, 6.45) is 1.20. The third-order valence-electron chi connectivity index (χ3n) is 2.14. The number of aliphatic carboxylic acids is 1. The SMILES string of the molecule is O=C(O)/C=C/c1cc(C(O)C(O)CCBr)cs1. The first kappa shape index (κ1) is 14.4. The number of aliphatic hydroxyl groups excluding tert-OH is 2. The third-order valence-corrected chi connectivity index (χ3v) is 3.52. The van der Waals surface area contributed by atoms with Gasteiger partial charge in [-0.15, -0.1) is 11.3 Å². The lowest BCUT2D eigenvalue weighted by molar-refractivity contribution is -0.131. The first-order valence-corrected chi connectivity index (χ1v) is 6.96. The molecule has 0 aliphatic rings. The topological polar surface area (TPSA) is 77.8 Å². The maximum atomic E-state index is 10.3. The van der Waals surface area contributed by atoms with Crippen molar-refractivity contribution in [2.75, 3.05) is 5.33 Å². The van der Waals surface area contributed by atoms with Gasteiger partial charge in [-0.3, -0.25) is 0 Å². The van der Waals surface area contributed by atoms with Crippen molar-refractivity contribution < 1.29 is 20.1 Å². The Labute approximate surface area is 111 Å². The van der Waals surface area contributed by atoms with Crippen LogP contribution in [0, 0.1) is 0 Å². The smallest absolute Gasteiger partial charge is 0.328 e. The number of thiophene rings is 1. The standard InChI is InChI=1S/C11H13BrO4S/c12-4-3-9(13)11(16)7-5-8(17-6-7)1-2-10(14)15/h1-2,5-6,9,11,13,16H,3-4H2,(H,14,15)/b2-1+. The Morgan fingerprint density at radius 1 is 1.53 bits per heavy atom. The largest absolute Gasteiger partial charge is 0.478 e. The van der Waals surface area contributed by atoms with E-state index in [-0.39, 0.29) is 0 Å². The number of halogens is 1. The third kappa shape index (κ3) is 4.59. The molecule has 0 fully saturated rings. The van der Waals surface area contributed by atoms with E-state index in [1.165, 1.54) is 17.4 Å². The molecule has 0 saturated heterocycles. The zero-order valence-corrected chi connectivity index (χ0v) is 11.3. The van der Waals surface area contributed by atoms with Crippen molar-refractivity contribution in [1.29, 1.82) is 0 Å². The van der Waals surface area contributed by atoms with Crippen molar-refractivity contribution in [3.05, 3.63) is 28.0 Å². The fourth-order valence-corrected chi connectivity index (χ4v) is 2.56. The first-order valence-electron chi connectivity index (χ1n) is 4.96. The molecule has 0 saturated carbocycles. The summed E-state index contributed by atoms with van der Waals surface area (Å²) in [4.78, 5) is 11.1. The molecule has 2 unspecified atom stereocenters. The second kappa shape index (κ2) is 6.90. The molecule has 3 N–H and O–H groups in total. The van der Waals surface area contributed by atoms with E-state index in [1.807, 2.05) is 0 Å². The van der Waals surface area contributed by atoms with Gasteiger partial charge in [0.25, 0.3) is 0 Å². The van der Waals surface area contributed by atoms with Crippen LogP contribution in [-0.2, 0) is 4.79 Å². The predicted molar refractivity (Wildman–Crippen MR) is 70.4 cm³/mol. The van der Waals surface area contributed by atoms with Crippen LogP contribution in [0.2, 0.25) is 0 Å². The Kier molecular flexibility index (Phi) is 5.84. The van der Waals surface area contributed by atoms with E-state index in [4.69, 9.17) is 5.11 Å². The van der Waals surface area contributed by atoms with Crippen molar-refractivity contribution in [3.8, 4) is 0 Å². The number of carbonyl (C=O) groups is 1. The van der Waals surface area contributed by atoms with Gasteiger partial charge in [0.15, 0.2) is 0 Å². The maximum absolute atomic E-state index is 10.3. The normalized spacial score (nSPS) is 15.0. The summed E-state index contributed by atoms with van der Waals surface area (Å²) >= 11 is 4.51. The number of rotatable bonds is 6. The van der Waals surface area contributed by atoms with E-state index >= 15 is 0 Å². The first-order chi connectivity index (χ1) is 8.04. The fourth-order valence-electron chi connectivity index (χ4n) is 1.26. The average molecular weight is 321 g/mol. The zero-order valence-electron chi connectivity index (χ0n) is 8.91. The molecule has 0 bridgehead atoms. The van der Waals surface area contributed by atoms with Gasteiger partial charge in [-0.05, 0) is 29.5 Å². The molecule has 2 atom stereocenters. The molecule has 1 aromatic rings. The van der Waals surface area contributed by atoms with Gasteiger partial charge in [0.2, 0.25) is 0 Å². The second-order valence-corrected chi connectivity index (χ2v) is 5.18. The summed E-state index contributed by atoms with van der Waals surface area (Å²) in [5.41, 5.74) is 0.605. The average Bonchev–Trinajstić information content (AvgIpc) is 2.74. The molecule has 0 spiro atoms. The van der Waals surface area contributed by atoms with Crippen molar-refractivity contribution in [3.63, 3.8) is 0 Å². The van der Waals surface area contributed by atoms with Gasteiger partial charge in [0.05, 0.1) is 6.10 Å². The van der Waals surface area contributed by atoms with Gasteiger partial charge in [0.1, 0.15) is 6.10 Å². The quantitative estimate of drug-likeness (QED) is 0.553. The number of hydrogen-bond donors (Lipinski definition) is 3. The molecule has 94 valence electrons. The van der Waals surface area contributed by atoms with Crippen LogP contribution in [-0.4, -0.2) is 32.7 Å². The molecule has 4 nitrogen and oxygen atoms in total. The van der Waals surface area contributed by atoms with Crippen LogP contribution in [0.3, 0.4) is 0 Å². The molecule has 6 heteroatoms. The Balaban J connectivity index is 2.70. The number of carboxylic acid groups (broad SMARTS) is 1. The molecule has 0 radical (unpaired) electrons. The lowest BCUT2D eigenvalue weighted by Gasteiger charge is -2.15. The minimum Gasteiger partial charge on any atom is -0.478 e. The van der Waals surface area contributed by atoms with Crippen LogP contribution >= 0.6 is 27.3 Å². The lowest BCUT2D eigenvalue weighted by atomic mass is 10.1. The molecule has 1 rings (SSSR count). The summed E-state index contributed by atoms with van der Waals surface area (Å²) < 4.78 is 0. The van der Waals surface area contributed by atoms with Gasteiger partial charge in [-0.1, -0.05) is 15.9 Å². The van der Waals surface area contributed by atoms with Crippen LogP contribution in [0.1, 0.15) is 23.0 Å². The summed E-state index contributed by atoms with van der Waals surface area (Å²) in [5.74, 6) is -1.01. The molecule has 0 aliphatic carbocycles. The lowest BCUT2D eigenvalue weighted by Crippen LogP contribution is -2.17. The Bertz CT molecular complexity index is 402. The van der Waals surface area contributed by atoms with Crippen LogP contribution in [0.5, 0.6) is 0 Å². The maximum Gasteiger partial charge on any atom is 0.328 e. The molecule has 0 amide bonds. The van der Waals surface area contributed by atoms with Crippen molar-refractivity contribution in [1.82, 2.24) is 0 Å². The molecule has 1 heterocycles. The van der Waals surface area contributed by atoms with Crippen LogP contribution in [0.15, 0.2) is 17.5 Å². The van der Waals surface area contributed by atoms with Crippen LogP contribution < -0.4 is 0 Å². The second-order valence-electron chi connectivity index (χ2n) is 3.44. The van der Waals surface area contributed by atoms with Gasteiger partial charge >= 0.3 is 5.97 Å². The molecule has 0 aromatic carbocycles. The van der Waals surface area contributed by atoms with Crippen LogP contribution in [0.4, 0.5) is 0 Å². The monoisotopic (exact) mass is 320 g/mol. The van der Waals surface area contributed by atoms with Crippen LogP contribution in [0.25, 0.3) is 6.08 Å². The van der Waals surface area contributed by atoms with E-state index in [0.717, 1.165) is 11.0 Å². The molecule has 0 aliphatic heterocycles. The highest BCUT2D eigenvalue weighted by molar-refractivity contribution is 9.09. The number of aliphatic hydroxyl groups is 2. The van der Waals surface area contributed by atoms with E-state index in [0.29, 0.717) is 17.3 Å². The Hall–Kier alpha value is -0.690. The number of hydrogen-bond acceptors (Lipinski definition) is 4. The minimum atomic E-state index is -1.01. The number of alkyl halides is 1. The summed E-state index contributed by atoms with van der Waals surface area (Å²) in [5, 5.41) is 30.2.